The predicted molar refractivity (Wildman–Crippen MR) is 154 cm³/mol. The Morgan fingerprint density at radius 2 is 0.947 bits per heavy atom. The van der Waals surface area contributed by atoms with Crippen molar-refractivity contribution in [3.05, 3.63) is 100 Å². The number of amides is 2. The number of benzene rings is 2. The number of pyridine rings is 1. The molecule has 38 heavy (non-hydrogen) atoms. The van der Waals surface area contributed by atoms with Crippen molar-refractivity contribution in [3.63, 3.8) is 0 Å². The topological polar surface area (TPSA) is 95.8 Å². The summed E-state index contributed by atoms with van der Waals surface area (Å²) >= 11 is 0. The average molecular weight is 512 g/mol. The van der Waals surface area contributed by atoms with Gasteiger partial charge in [0.05, 0.1) is 22.8 Å². The van der Waals surface area contributed by atoms with E-state index in [2.05, 4.69) is 67.6 Å². The molecule has 7 nitrogen and oxygen atoms in total. The molecule has 198 valence electrons. The largest absolute Gasteiger partial charge is 0.271 e. The van der Waals surface area contributed by atoms with Crippen molar-refractivity contribution in [2.24, 2.45) is 10.2 Å². The number of rotatable bonds is 6. The quantitative estimate of drug-likeness (QED) is 0.315. The molecule has 3 rings (SSSR count). The molecule has 3 aromatic rings. The van der Waals surface area contributed by atoms with Crippen molar-refractivity contribution >= 4 is 23.2 Å². The van der Waals surface area contributed by atoms with E-state index < -0.39 is 0 Å². The molecule has 0 radical (unpaired) electrons. The normalized spacial score (nSPS) is 12.7. The molecule has 2 aromatic carbocycles. The zero-order valence-corrected chi connectivity index (χ0v) is 23.5. The summed E-state index contributed by atoms with van der Waals surface area (Å²) in [6.45, 7) is 16.3. The Bertz CT molecular complexity index is 1250. The first kappa shape index (κ1) is 28.4. The van der Waals surface area contributed by atoms with Crippen LogP contribution < -0.4 is 10.9 Å². The van der Waals surface area contributed by atoms with Gasteiger partial charge in [-0.15, -0.1) is 0 Å². The van der Waals surface area contributed by atoms with Gasteiger partial charge in [0, 0.05) is 11.1 Å². The summed E-state index contributed by atoms with van der Waals surface area (Å²) < 4.78 is 0. The van der Waals surface area contributed by atoms with Crippen LogP contribution in [0, 0.1) is 0 Å². The van der Waals surface area contributed by atoms with Crippen LogP contribution in [0.3, 0.4) is 0 Å². The Hall–Kier alpha value is -4.13. The number of hydrazone groups is 2. The van der Waals surface area contributed by atoms with Gasteiger partial charge in [0.2, 0.25) is 0 Å². The third-order valence-corrected chi connectivity index (χ3v) is 6.17. The van der Waals surface area contributed by atoms with Crippen LogP contribution in [0.2, 0.25) is 0 Å². The number of carbonyl (C=O) groups excluding carboxylic acids is 2. The van der Waals surface area contributed by atoms with E-state index in [1.54, 1.807) is 50.2 Å². The molecule has 0 bridgehead atoms. The number of aromatic nitrogens is 1. The van der Waals surface area contributed by atoms with E-state index in [-0.39, 0.29) is 22.6 Å². The van der Waals surface area contributed by atoms with E-state index in [1.165, 1.54) is 0 Å². The lowest BCUT2D eigenvalue weighted by Gasteiger charge is -2.18. The molecule has 0 aliphatic heterocycles. The Morgan fingerprint density at radius 3 is 1.26 bits per heavy atom. The van der Waals surface area contributed by atoms with Crippen molar-refractivity contribution in [2.45, 2.75) is 66.2 Å². The summed E-state index contributed by atoms with van der Waals surface area (Å²) in [5.41, 5.74) is 10.9. The van der Waals surface area contributed by atoms with E-state index in [0.717, 1.165) is 11.1 Å². The van der Waals surface area contributed by atoms with E-state index in [1.807, 2.05) is 30.3 Å². The third-order valence-electron chi connectivity index (χ3n) is 6.17. The van der Waals surface area contributed by atoms with E-state index in [0.29, 0.717) is 33.9 Å². The zero-order valence-electron chi connectivity index (χ0n) is 23.5. The van der Waals surface area contributed by atoms with Crippen molar-refractivity contribution in [1.29, 1.82) is 0 Å². The highest BCUT2D eigenvalue weighted by Crippen LogP contribution is 2.23. The molecule has 0 atom stereocenters. The van der Waals surface area contributed by atoms with Crippen LogP contribution in [0.15, 0.2) is 76.9 Å². The maximum Gasteiger partial charge on any atom is 0.271 e. The molecule has 0 spiro atoms. The van der Waals surface area contributed by atoms with Crippen LogP contribution in [0.25, 0.3) is 0 Å². The maximum atomic E-state index is 12.6. The van der Waals surface area contributed by atoms with Gasteiger partial charge in [0.25, 0.3) is 11.8 Å². The number of hydrogen-bond donors (Lipinski definition) is 2. The van der Waals surface area contributed by atoms with Gasteiger partial charge in [-0.05, 0) is 72.2 Å². The number of nitrogens with one attached hydrogen (secondary N) is 2. The number of hydrogen-bond acceptors (Lipinski definition) is 5. The van der Waals surface area contributed by atoms with Gasteiger partial charge < -0.3 is 0 Å². The van der Waals surface area contributed by atoms with Gasteiger partial charge in [-0.1, -0.05) is 71.9 Å². The Labute approximate surface area is 225 Å². The van der Waals surface area contributed by atoms with E-state index >= 15 is 0 Å². The molecule has 2 N–H and O–H groups in total. The molecule has 0 aliphatic carbocycles. The van der Waals surface area contributed by atoms with E-state index in [4.69, 9.17) is 0 Å². The molecule has 7 heteroatoms. The Kier molecular flexibility index (Phi) is 8.61. The first-order valence-electron chi connectivity index (χ1n) is 12.6. The van der Waals surface area contributed by atoms with Gasteiger partial charge in [0.15, 0.2) is 0 Å². The summed E-state index contributed by atoms with van der Waals surface area (Å²) in [7, 11) is 0. The minimum atomic E-state index is -0.294. The second kappa shape index (κ2) is 11.5. The fourth-order valence-corrected chi connectivity index (χ4v) is 3.59. The zero-order chi connectivity index (χ0) is 28.1. The molecule has 1 aromatic heterocycles. The summed E-state index contributed by atoms with van der Waals surface area (Å²) in [5.74, 6) is -0.589. The summed E-state index contributed by atoms with van der Waals surface area (Å²) in [4.78, 5) is 29.7. The standard InChI is InChI=1S/C31H37N5O2/c1-20(33-35-28(37)22-12-16-24(17-13-22)30(3,4)5)26-10-9-11-27(32-26)21(2)34-36-29(38)23-14-18-25(19-15-23)31(6,7)8/h9-19H,1-8H3,(H,35,37)(H,36,38). The lowest BCUT2D eigenvalue weighted by atomic mass is 9.87. The van der Waals surface area contributed by atoms with Gasteiger partial charge in [-0.3, -0.25) is 9.59 Å². The molecule has 1 heterocycles. The monoisotopic (exact) mass is 511 g/mol. The highest BCUT2D eigenvalue weighted by molar-refractivity contribution is 6.02. The van der Waals surface area contributed by atoms with Gasteiger partial charge >= 0.3 is 0 Å². The minimum absolute atomic E-state index is 0.0162. The van der Waals surface area contributed by atoms with Gasteiger partial charge in [0.1, 0.15) is 0 Å². The molecule has 2 amide bonds. The second-order valence-corrected chi connectivity index (χ2v) is 11.3. The van der Waals surface area contributed by atoms with Gasteiger partial charge in [-0.2, -0.15) is 10.2 Å². The van der Waals surface area contributed by atoms with Gasteiger partial charge in [-0.25, -0.2) is 15.8 Å². The predicted octanol–water partition coefficient (Wildman–Crippen LogP) is 5.98. The van der Waals surface area contributed by atoms with Crippen molar-refractivity contribution in [3.8, 4) is 0 Å². The Balaban J connectivity index is 1.66. The van der Waals surface area contributed by atoms with Crippen LogP contribution in [0.1, 0.15) is 98.6 Å². The first-order valence-corrected chi connectivity index (χ1v) is 12.6. The van der Waals surface area contributed by atoms with E-state index in [9.17, 15) is 9.59 Å². The number of carbonyl (C=O) groups is 2. The minimum Gasteiger partial charge on any atom is -0.267 e. The summed E-state index contributed by atoms with van der Waals surface area (Å²) in [6, 6.07) is 20.5. The van der Waals surface area contributed by atoms with Crippen molar-refractivity contribution in [1.82, 2.24) is 15.8 Å². The molecule has 0 unspecified atom stereocenters. The average Bonchev–Trinajstić information content (AvgIpc) is 2.89. The van der Waals surface area contributed by atoms with Crippen molar-refractivity contribution < 1.29 is 9.59 Å². The maximum absolute atomic E-state index is 12.6. The molecular weight excluding hydrogens is 474 g/mol. The first-order chi connectivity index (χ1) is 17.8. The third kappa shape index (κ3) is 7.44. The van der Waals surface area contributed by atoms with Crippen LogP contribution in [0.4, 0.5) is 0 Å². The fourth-order valence-electron chi connectivity index (χ4n) is 3.59. The molecular formula is C31H37N5O2. The SMILES string of the molecule is CC(=NNC(=O)c1ccc(C(C)(C)C)cc1)c1cccc(C(C)=NNC(=O)c2ccc(C(C)(C)C)cc2)n1. The lowest BCUT2D eigenvalue weighted by Crippen LogP contribution is -2.21. The summed E-state index contributed by atoms with van der Waals surface area (Å²) in [6.07, 6.45) is 0. The van der Waals surface area contributed by atoms with Crippen LogP contribution in [-0.4, -0.2) is 28.2 Å². The van der Waals surface area contributed by atoms with Crippen LogP contribution >= 0.6 is 0 Å². The molecule has 0 saturated carbocycles. The van der Waals surface area contributed by atoms with Crippen molar-refractivity contribution in [2.75, 3.05) is 0 Å². The molecule has 0 aliphatic rings. The summed E-state index contributed by atoms with van der Waals surface area (Å²) in [5, 5.41) is 8.45. The van der Waals surface area contributed by atoms with Crippen LogP contribution in [-0.2, 0) is 10.8 Å². The number of nitrogens with zero attached hydrogens (tertiary/aromatic N) is 3. The Morgan fingerprint density at radius 1 is 0.605 bits per heavy atom. The highest BCUT2D eigenvalue weighted by atomic mass is 16.2. The lowest BCUT2D eigenvalue weighted by molar-refractivity contribution is 0.0947. The smallest absolute Gasteiger partial charge is 0.267 e. The molecule has 0 fully saturated rings. The second-order valence-electron chi connectivity index (χ2n) is 11.3. The molecule has 0 saturated heterocycles. The van der Waals surface area contributed by atoms with Crippen LogP contribution in [0.5, 0.6) is 0 Å². The fraction of sp³-hybridized carbons (Fsp3) is 0.323. The highest BCUT2D eigenvalue weighted by Gasteiger charge is 2.15.